The Labute approximate surface area is 181 Å². The second kappa shape index (κ2) is 7.79. The second-order valence-corrected chi connectivity index (χ2v) is 8.03. The summed E-state index contributed by atoms with van der Waals surface area (Å²) in [6, 6.07) is 12.7. The lowest BCUT2D eigenvalue weighted by atomic mass is 10.0. The van der Waals surface area contributed by atoms with Gasteiger partial charge in [-0.3, -0.25) is 4.79 Å². The topological polar surface area (TPSA) is 96.3 Å². The van der Waals surface area contributed by atoms with E-state index >= 15 is 0 Å². The number of carbonyl (C=O) groups is 2. The first-order valence-corrected chi connectivity index (χ1v) is 10.1. The molecular weight excluding hydrogens is 448 g/mol. The number of rotatable bonds is 4. The molecule has 3 aromatic rings. The van der Waals surface area contributed by atoms with Crippen molar-refractivity contribution >= 4 is 39.3 Å². The number of allylic oxidation sites excluding steroid dienone is 1. The number of carbonyl (C=O) groups excluding carboxylic acids is 1. The zero-order valence-corrected chi connectivity index (χ0v) is 17.9. The molecule has 1 amide bonds. The number of amides is 1. The third kappa shape index (κ3) is 3.73. The summed E-state index contributed by atoms with van der Waals surface area (Å²) >= 11 is 3.44. The van der Waals surface area contributed by atoms with Crippen LogP contribution in [0.15, 0.2) is 64.9 Å². The highest BCUT2D eigenvalue weighted by molar-refractivity contribution is 9.10. The average molecular weight is 467 g/mol. The molecule has 30 heavy (non-hydrogen) atoms. The van der Waals surface area contributed by atoms with Gasteiger partial charge in [-0.2, -0.15) is 5.10 Å². The van der Waals surface area contributed by atoms with Crippen LogP contribution in [-0.2, 0) is 4.79 Å². The van der Waals surface area contributed by atoms with Gasteiger partial charge in [-0.25, -0.2) is 9.48 Å². The van der Waals surface area contributed by atoms with Crippen LogP contribution in [-0.4, -0.2) is 26.8 Å². The number of aromatic nitrogens is 2. The fourth-order valence-corrected chi connectivity index (χ4v) is 3.75. The van der Waals surface area contributed by atoms with Crippen LogP contribution >= 0.6 is 15.9 Å². The van der Waals surface area contributed by atoms with Crippen LogP contribution in [0.1, 0.15) is 33.1 Å². The summed E-state index contributed by atoms with van der Waals surface area (Å²) in [5.41, 5.74) is 3.96. The highest BCUT2D eigenvalue weighted by atomic mass is 79.9. The number of halogens is 1. The van der Waals surface area contributed by atoms with Crippen molar-refractivity contribution in [3.8, 4) is 0 Å². The molecule has 8 heteroatoms. The van der Waals surface area contributed by atoms with Gasteiger partial charge in [0.1, 0.15) is 17.1 Å². The Balaban J connectivity index is 1.71. The predicted octanol–water partition coefficient (Wildman–Crippen LogP) is 4.50. The lowest BCUT2D eigenvalue weighted by Gasteiger charge is -2.24. The molecule has 0 fully saturated rings. The zero-order valence-electron chi connectivity index (χ0n) is 16.3. The molecule has 3 N–H and O–H groups in total. The van der Waals surface area contributed by atoms with Crippen molar-refractivity contribution in [3.63, 3.8) is 0 Å². The molecule has 0 radical (unpaired) electrons. The minimum Gasteiger partial charge on any atom is -0.477 e. The van der Waals surface area contributed by atoms with Gasteiger partial charge in [0.15, 0.2) is 0 Å². The fourth-order valence-electron chi connectivity index (χ4n) is 3.33. The Kier molecular flexibility index (Phi) is 5.17. The number of nitrogens with one attached hydrogen (secondary N) is 2. The number of hydrogen-bond donors (Lipinski definition) is 3. The van der Waals surface area contributed by atoms with E-state index in [1.165, 1.54) is 6.20 Å². The lowest BCUT2D eigenvalue weighted by Crippen LogP contribution is -2.25. The van der Waals surface area contributed by atoms with Crippen LogP contribution in [0, 0.1) is 13.8 Å². The van der Waals surface area contributed by atoms with E-state index in [4.69, 9.17) is 0 Å². The fraction of sp³-hybridized carbons (Fsp3) is 0.136. The molecule has 0 saturated heterocycles. The van der Waals surface area contributed by atoms with Gasteiger partial charge in [0.25, 0.3) is 5.91 Å². The van der Waals surface area contributed by atoms with Gasteiger partial charge in [-0.1, -0.05) is 34.1 Å². The molecule has 0 bridgehead atoms. The first-order chi connectivity index (χ1) is 14.3. The molecule has 1 aliphatic rings. The van der Waals surface area contributed by atoms with E-state index in [0.29, 0.717) is 11.5 Å². The maximum Gasteiger partial charge on any atom is 0.352 e. The molecule has 0 unspecified atom stereocenters. The number of carboxylic acid groups (broad SMARTS) is 1. The number of aliphatic carboxylic acids is 1. The van der Waals surface area contributed by atoms with E-state index in [1.54, 1.807) is 10.8 Å². The SMILES string of the molecule is Cc1ccc(NC(=O)c2cnn3c2NC(C(=O)O)=C[C@H]3c2cccc(Br)c2)cc1C. The molecule has 4 rings (SSSR count). The molecule has 0 spiro atoms. The highest BCUT2D eigenvalue weighted by Gasteiger charge is 2.29. The Morgan fingerprint density at radius 3 is 2.67 bits per heavy atom. The maximum absolute atomic E-state index is 12.9. The summed E-state index contributed by atoms with van der Waals surface area (Å²) in [6.07, 6.45) is 3.03. The van der Waals surface area contributed by atoms with Crippen LogP contribution in [0.3, 0.4) is 0 Å². The monoisotopic (exact) mass is 466 g/mol. The predicted molar refractivity (Wildman–Crippen MR) is 118 cm³/mol. The van der Waals surface area contributed by atoms with Crippen molar-refractivity contribution in [3.05, 3.63) is 87.2 Å². The molecule has 2 aromatic carbocycles. The molecule has 0 saturated carbocycles. The first-order valence-electron chi connectivity index (χ1n) is 9.27. The van der Waals surface area contributed by atoms with Crippen LogP contribution in [0.4, 0.5) is 11.5 Å². The summed E-state index contributed by atoms with van der Waals surface area (Å²) in [5, 5.41) is 19.6. The van der Waals surface area contributed by atoms with E-state index in [1.807, 2.05) is 56.3 Å². The summed E-state index contributed by atoms with van der Waals surface area (Å²) in [7, 11) is 0. The largest absolute Gasteiger partial charge is 0.477 e. The van der Waals surface area contributed by atoms with Crippen LogP contribution < -0.4 is 10.6 Å². The molecule has 152 valence electrons. The Morgan fingerprint density at radius 2 is 1.97 bits per heavy atom. The van der Waals surface area contributed by atoms with Gasteiger partial charge in [-0.05, 0) is 60.9 Å². The number of aryl methyl sites for hydroxylation is 2. The second-order valence-electron chi connectivity index (χ2n) is 7.11. The van der Waals surface area contributed by atoms with Gasteiger partial charge in [0.2, 0.25) is 0 Å². The standard InChI is InChI=1S/C22H19BrN4O3/c1-12-6-7-16(8-13(12)2)25-21(28)17-11-24-27-19(14-4-3-5-15(23)9-14)10-18(22(29)30)26-20(17)27/h3-11,19,26H,1-2H3,(H,25,28)(H,29,30)/t19-/m0/s1. The Bertz CT molecular complexity index is 1200. The quantitative estimate of drug-likeness (QED) is 0.525. The smallest absolute Gasteiger partial charge is 0.352 e. The summed E-state index contributed by atoms with van der Waals surface area (Å²) in [4.78, 5) is 24.6. The van der Waals surface area contributed by atoms with Crippen LogP contribution in [0.2, 0.25) is 0 Å². The number of anilines is 2. The van der Waals surface area contributed by atoms with E-state index in [0.717, 1.165) is 21.2 Å². The van der Waals surface area contributed by atoms with Crippen molar-refractivity contribution in [2.45, 2.75) is 19.9 Å². The molecule has 7 nitrogen and oxygen atoms in total. The van der Waals surface area contributed by atoms with E-state index in [9.17, 15) is 14.7 Å². The highest BCUT2D eigenvalue weighted by Crippen LogP contribution is 2.33. The summed E-state index contributed by atoms with van der Waals surface area (Å²) in [5.74, 6) is -1.14. The molecule has 1 aliphatic heterocycles. The summed E-state index contributed by atoms with van der Waals surface area (Å²) in [6.45, 7) is 3.97. The maximum atomic E-state index is 12.9. The number of carboxylic acids is 1. The normalized spacial score (nSPS) is 15.0. The van der Waals surface area contributed by atoms with Gasteiger partial charge in [0.05, 0.1) is 12.2 Å². The Hall–Kier alpha value is -3.39. The van der Waals surface area contributed by atoms with Gasteiger partial charge in [0, 0.05) is 10.2 Å². The number of hydrogen-bond acceptors (Lipinski definition) is 4. The third-order valence-electron chi connectivity index (χ3n) is 5.07. The lowest BCUT2D eigenvalue weighted by molar-refractivity contribution is -0.132. The van der Waals surface area contributed by atoms with Crippen molar-refractivity contribution in [2.24, 2.45) is 0 Å². The van der Waals surface area contributed by atoms with Crippen molar-refractivity contribution in [2.75, 3.05) is 10.6 Å². The van der Waals surface area contributed by atoms with Crippen LogP contribution in [0.5, 0.6) is 0 Å². The molecule has 2 heterocycles. The van der Waals surface area contributed by atoms with E-state index < -0.39 is 12.0 Å². The molecule has 1 aromatic heterocycles. The molecule has 1 atom stereocenters. The average Bonchev–Trinajstić information content (AvgIpc) is 3.14. The zero-order chi connectivity index (χ0) is 21.4. The minimum atomic E-state index is -1.11. The van der Waals surface area contributed by atoms with Gasteiger partial charge in [-0.15, -0.1) is 0 Å². The van der Waals surface area contributed by atoms with Gasteiger partial charge >= 0.3 is 5.97 Å². The summed E-state index contributed by atoms with van der Waals surface area (Å²) < 4.78 is 2.48. The van der Waals surface area contributed by atoms with E-state index in [2.05, 4.69) is 31.7 Å². The van der Waals surface area contributed by atoms with E-state index in [-0.39, 0.29) is 17.2 Å². The first kappa shape index (κ1) is 19.9. The molecular formula is C22H19BrN4O3. The van der Waals surface area contributed by atoms with Crippen LogP contribution in [0.25, 0.3) is 0 Å². The third-order valence-corrected chi connectivity index (χ3v) is 5.56. The van der Waals surface area contributed by atoms with Crippen molar-refractivity contribution in [1.29, 1.82) is 0 Å². The number of fused-ring (bicyclic) bond motifs is 1. The molecule has 0 aliphatic carbocycles. The van der Waals surface area contributed by atoms with Gasteiger partial charge < -0.3 is 15.7 Å². The number of benzene rings is 2. The Morgan fingerprint density at radius 1 is 1.17 bits per heavy atom. The van der Waals surface area contributed by atoms with Crippen molar-refractivity contribution < 1.29 is 14.7 Å². The minimum absolute atomic E-state index is 0.00629. The number of nitrogens with zero attached hydrogens (tertiary/aromatic N) is 2. The van der Waals surface area contributed by atoms with Crippen molar-refractivity contribution in [1.82, 2.24) is 9.78 Å².